The molecule has 0 bridgehead atoms. The molecule has 4 nitrogen and oxygen atoms in total. The number of halogens is 1. The maximum Gasteiger partial charge on any atom is 0.254 e. The van der Waals surface area contributed by atoms with Crippen LogP contribution >= 0.6 is 15.9 Å². The van der Waals surface area contributed by atoms with Crippen molar-refractivity contribution in [2.24, 2.45) is 0 Å². The number of phenolic OH excluding ortho intramolecular Hbond substituents is 1. The van der Waals surface area contributed by atoms with Crippen LogP contribution in [0.25, 0.3) is 0 Å². The van der Waals surface area contributed by atoms with Crippen LogP contribution in [0.15, 0.2) is 47.2 Å². The van der Waals surface area contributed by atoms with Crippen LogP contribution in [-0.2, 0) is 0 Å². The number of rotatable bonds is 3. The second-order valence-corrected chi connectivity index (χ2v) is 4.88. The highest BCUT2D eigenvalue weighted by Gasteiger charge is 2.14. The van der Waals surface area contributed by atoms with Crippen molar-refractivity contribution in [3.63, 3.8) is 0 Å². The first-order valence-corrected chi connectivity index (χ1v) is 6.57. The number of hydrogen-bond donors (Lipinski definition) is 2. The van der Waals surface area contributed by atoms with Crippen molar-refractivity contribution in [1.29, 1.82) is 0 Å². The number of carbonyl (C=O) groups is 1. The number of benzene rings is 1. The van der Waals surface area contributed by atoms with Crippen LogP contribution in [0.2, 0.25) is 0 Å². The molecule has 0 aliphatic heterocycles. The zero-order valence-corrected chi connectivity index (χ0v) is 11.9. The minimum absolute atomic E-state index is 0.182. The Hall–Kier alpha value is -1.88. The van der Waals surface area contributed by atoms with Gasteiger partial charge in [-0.15, -0.1) is 0 Å². The largest absolute Gasteiger partial charge is 0.508 e. The Morgan fingerprint density at radius 1 is 1.37 bits per heavy atom. The Balaban J connectivity index is 2.13. The van der Waals surface area contributed by atoms with E-state index in [0.717, 1.165) is 5.56 Å². The first kappa shape index (κ1) is 13.5. The maximum absolute atomic E-state index is 12.1. The Labute approximate surface area is 119 Å². The molecular weight excluding hydrogens is 308 g/mol. The molecule has 1 heterocycles. The van der Waals surface area contributed by atoms with Crippen molar-refractivity contribution < 1.29 is 9.90 Å². The third kappa shape index (κ3) is 3.32. The first-order chi connectivity index (χ1) is 9.08. The lowest BCUT2D eigenvalue weighted by Gasteiger charge is -2.15. The second kappa shape index (κ2) is 5.84. The minimum atomic E-state index is -0.212. The lowest BCUT2D eigenvalue weighted by molar-refractivity contribution is 0.0938. The molecule has 0 radical (unpaired) electrons. The van der Waals surface area contributed by atoms with Crippen LogP contribution in [0.3, 0.4) is 0 Å². The summed E-state index contributed by atoms with van der Waals surface area (Å²) in [6.07, 6.45) is 1.61. The van der Waals surface area contributed by atoms with Crippen LogP contribution in [0.5, 0.6) is 5.75 Å². The molecule has 0 fully saturated rings. The van der Waals surface area contributed by atoms with Gasteiger partial charge in [0.05, 0.1) is 11.6 Å². The molecule has 5 heteroatoms. The number of phenols is 1. The van der Waals surface area contributed by atoms with Gasteiger partial charge in [0, 0.05) is 6.20 Å². The predicted molar refractivity (Wildman–Crippen MR) is 75.9 cm³/mol. The lowest BCUT2D eigenvalue weighted by atomic mass is 10.1. The molecule has 1 atom stereocenters. The number of aromatic nitrogens is 1. The third-order valence-corrected chi connectivity index (χ3v) is 3.35. The summed E-state index contributed by atoms with van der Waals surface area (Å²) in [5.74, 6) is -0.0306. The first-order valence-electron chi connectivity index (χ1n) is 5.78. The highest BCUT2D eigenvalue weighted by atomic mass is 79.9. The van der Waals surface area contributed by atoms with Gasteiger partial charge < -0.3 is 10.4 Å². The summed E-state index contributed by atoms with van der Waals surface area (Å²) in [4.78, 5) is 16.1. The second-order valence-electron chi connectivity index (χ2n) is 4.13. The minimum Gasteiger partial charge on any atom is -0.508 e. The van der Waals surface area contributed by atoms with Gasteiger partial charge in [0.2, 0.25) is 0 Å². The topological polar surface area (TPSA) is 62.2 Å². The molecule has 0 saturated heterocycles. The van der Waals surface area contributed by atoms with E-state index in [-0.39, 0.29) is 17.7 Å². The van der Waals surface area contributed by atoms with Gasteiger partial charge in [-0.25, -0.2) is 4.98 Å². The van der Waals surface area contributed by atoms with E-state index in [1.54, 1.807) is 36.5 Å². The molecule has 19 heavy (non-hydrogen) atoms. The lowest BCUT2D eigenvalue weighted by Crippen LogP contribution is -2.27. The number of hydrogen-bond acceptors (Lipinski definition) is 3. The van der Waals surface area contributed by atoms with Crippen molar-refractivity contribution in [3.8, 4) is 5.75 Å². The van der Waals surface area contributed by atoms with Crippen molar-refractivity contribution in [1.82, 2.24) is 10.3 Å². The molecule has 0 aliphatic carbocycles. The summed E-state index contributed by atoms with van der Waals surface area (Å²) in [5.41, 5.74) is 1.32. The average molecular weight is 321 g/mol. The molecule has 0 saturated carbocycles. The fourth-order valence-corrected chi connectivity index (χ4v) is 2.14. The van der Waals surface area contributed by atoms with Crippen molar-refractivity contribution in [2.45, 2.75) is 13.0 Å². The van der Waals surface area contributed by atoms with Gasteiger partial charge in [-0.1, -0.05) is 12.1 Å². The van der Waals surface area contributed by atoms with Gasteiger partial charge in [-0.3, -0.25) is 4.79 Å². The van der Waals surface area contributed by atoms with Crippen LogP contribution in [0, 0.1) is 0 Å². The molecule has 1 aromatic carbocycles. The normalized spacial score (nSPS) is 11.9. The Bertz CT molecular complexity index is 602. The Morgan fingerprint density at radius 3 is 2.84 bits per heavy atom. The van der Waals surface area contributed by atoms with E-state index in [0.29, 0.717) is 10.2 Å². The summed E-state index contributed by atoms with van der Waals surface area (Å²) in [6, 6.07) is 10.0. The molecule has 98 valence electrons. The van der Waals surface area contributed by atoms with Gasteiger partial charge in [0.1, 0.15) is 10.4 Å². The van der Waals surface area contributed by atoms with E-state index in [9.17, 15) is 9.90 Å². The molecule has 2 rings (SSSR count). The van der Waals surface area contributed by atoms with Crippen molar-refractivity contribution >= 4 is 21.8 Å². The number of carbonyl (C=O) groups excluding carboxylic acids is 1. The summed E-state index contributed by atoms with van der Waals surface area (Å²) in [7, 11) is 0. The molecule has 2 N–H and O–H groups in total. The molecule has 1 unspecified atom stereocenters. The van der Waals surface area contributed by atoms with E-state index in [4.69, 9.17) is 0 Å². The fourth-order valence-electron chi connectivity index (χ4n) is 1.71. The van der Waals surface area contributed by atoms with Gasteiger partial charge in [-0.2, -0.15) is 0 Å². The molecule has 2 aromatic rings. The van der Waals surface area contributed by atoms with Gasteiger partial charge in [0.25, 0.3) is 5.91 Å². The highest BCUT2D eigenvalue weighted by Crippen LogP contribution is 2.19. The summed E-state index contributed by atoms with van der Waals surface area (Å²) < 4.78 is 0.510. The Kier molecular flexibility index (Phi) is 4.16. The van der Waals surface area contributed by atoms with Crippen LogP contribution in [-0.4, -0.2) is 16.0 Å². The SMILES string of the molecule is CC(NC(=O)c1cccnc1Br)c1cccc(O)c1. The van der Waals surface area contributed by atoms with Gasteiger partial charge >= 0.3 is 0 Å². The van der Waals surface area contributed by atoms with E-state index in [2.05, 4.69) is 26.2 Å². The molecule has 1 amide bonds. The van der Waals surface area contributed by atoms with Crippen LogP contribution in [0.1, 0.15) is 28.9 Å². The van der Waals surface area contributed by atoms with Crippen molar-refractivity contribution in [2.75, 3.05) is 0 Å². The average Bonchev–Trinajstić information content (AvgIpc) is 2.39. The Morgan fingerprint density at radius 2 is 2.16 bits per heavy atom. The smallest absolute Gasteiger partial charge is 0.254 e. The van der Waals surface area contributed by atoms with E-state index in [1.165, 1.54) is 0 Å². The quantitative estimate of drug-likeness (QED) is 0.854. The summed E-state index contributed by atoms with van der Waals surface area (Å²) in [5, 5.41) is 12.3. The monoisotopic (exact) mass is 320 g/mol. The standard InChI is InChI=1S/C14H13BrN2O2/c1-9(10-4-2-5-11(18)8-10)17-14(19)12-6-3-7-16-13(12)15/h2-9,18H,1H3,(H,17,19). The number of nitrogens with one attached hydrogen (secondary N) is 1. The van der Waals surface area contributed by atoms with E-state index in [1.807, 2.05) is 13.0 Å². The number of pyridine rings is 1. The zero-order chi connectivity index (χ0) is 13.8. The number of nitrogens with zero attached hydrogens (tertiary/aromatic N) is 1. The third-order valence-electron chi connectivity index (χ3n) is 2.72. The summed E-state index contributed by atoms with van der Waals surface area (Å²) in [6.45, 7) is 1.86. The zero-order valence-electron chi connectivity index (χ0n) is 10.3. The molecular formula is C14H13BrN2O2. The van der Waals surface area contributed by atoms with Crippen molar-refractivity contribution in [3.05, 3.63) is 58.3 Å². The maximum atomic E-state index is 12.1. The molecule has 0 spiro atoms. The highest BCUT2D eigenvalue weighted by molar-refractivity contribution is 9.10. The molecule has 1 aromatic heterocycles. The number of amides is 1. The van der Waals surface area contributed by atoms with E-state index >= 15 is 0 Å². The number of aromatic hydroxyl groups is 1. The van der Waals surface area contributed by atoms with Gasteiger partial charge in [-0.05, 0) is 52.7 Å². The van der Waals surface area contributed by atoms with E-state index < -0.39 is 0 Å². The van der Waals surface area contributed by atoms with Crippen LogP contribution in [0.4, 0.5) is 0 Å². The summed E-state index contributed by atoms with van der Waals surface area (Å²) >= 11 is 3.24. The van der Waals surface area contributed by atoms with Gasteiger partial charge in [0.15, 0.2) is 0 Å². The predicted octanol–water partition coefficient (Wildman–Crippen LogP) is 3.04. The fraction of sp³-hybridized carbons (Fsp3) is 0.143. The molecule has 0 aliphatic rings. The van der Waals surface area contributed by atoms with Crippen LogP contribution < -0.4 is 5.32 Å².